The molecule has 5 nitrogen and oxygen atoms in total. The molecule has 0 aliphatic heterocycles. The molecule has 0 heterocycles. The number of carbonyl (C=O) groups is 2. The molecule has 0 spiro atoms. The van der Waals surface area contributed by atoms with E-state index in [1.165, 1.54) is 10.8 Å². The molecular formula is C15H27NO4S2. The molecule has 0 bridgehead atoms. The van der Waals surface area contributed by atoms with Crippen LogP contribution in [0.25, 0.3) is 0 Å². The molecule has 0 aromatic heterocycles. The summed E-state index contributed by atoms with van der Waals surface area (Å²) in [6.45, 7) is 5.04. The van der Waals surface area contributed by atoms with E-state index in [2.05, 4.69) is 19.2 Å². The highest BCUT2D eigenvalue weighted by molar-refractivity contribution is 8.76. The quantitative estimate of drug-likeness (QED) is 0.492. The predicted molar refractivity (Wildman–Crippen MR) is 92.2 cm³/mol. The summed E-state index contributed by atoms with van der Waals surface area (Å²) in [6, 6.07) is 0. The third-order valence-electron chi connectivity index (χ3n) is 4.17. The minimum atomic E-state index is -0.774. The molecule has 1 fully saturated rings. The Balaban J connectivity index is 2.24. The molecule has 2 N–H and O–H groups in total. The summed E-state index contributed by atoms with van der Waals surface area (Å²) in [5.74, 6) is 0.567. The topological polar surface area (TPSA) is 75.6 Å². The molecule has 0 aromatic rings. The van der Waals surface area contributed by atoms with E-state index in [4.69, 9.17) is 9.84 Å². The van der Waals surface area contributed by atoms with Crippen molar-refractivity contribution in [3.05, 3.63) is 0 Å². The maximum atomic E-state index is 12.4. The smallest absolute Gasteiger partial charge is 0.304 e. The molecule has 0 radical (unpaired) electrons. The molecule has 0 aromatic carbocycles. The SMILES string of the molecule is COC1(C(=O)NCCSSCCC(=O)O)CCC(C)(C)CC1. The van der Waals surface area contributed by atoms with E-state index in [0.717, 1.165) is 31.4 Å². The van der Waals surface area contributed by atoms with E-state index in [1.807, 2.05) is 0 Å². The standard InChI is InChI=1S/C15H27NO4S2/c1-14(2)5-7-15(20-3,8-6-14)13(19)16-9-11-22-21-10-4-12(17)18/h4-11H2,1-3H3,(H,16,19)(H,17,18). The zero-order valence-electron chi connectivity index (χ0n) is 13.6. The Kier molecular flexibility index (Phi) is 8.07. The molecule has 1 aliphatic carbocycles. The second-order valence-corrected chi connectivity index (χ2v) is 9.11. The Bertz CT molecular complexity index is 378. The normalized spacial score (nSPS) is 19.6. The van der Waals surface area contributed by atoms with Gasteiger partial charge in [0, 0.05) is 25.2 Å². The van der Waals surface area contributed by atoms with Crippen LogP contribution in [-0.2, 0) is 14.3 Å². The van der Waals surface area contributed by atoms with Crippen LogP contribution >= 0.6 is 21.6 Å². The Morgan fingerprint density at radius 1 is 1.14 bits per heavy atom. The number of amides is 1. The highest BCUT2D eigenvalue weighted by atomic mass is 33.1. The molecule has 7 heteroatoms. The maximum Gasteiger partial charge on any atom is 0.304 e. The van der Waals surface area contributed by atoms with Crippen molar-refractivity contribution in [1.29, 1.82) is 0 Å². The van der Waals surface area contributed by atoms with Gasteiger partial charge >= 0.3 is 5.97 Å². The van der Waals surface area contributed by atoms with Crippen molar-refractivity contribution in [3.8, 4) is 0 Å². The third-order valence-corrected chi connectivity index (χ3v) is 6.58. The number of hydrogen-bond donors (Lipinski definition) is 2. The molecule has 22 heavy (non-hydrogen) atoms. The maximum absolute atomic E-state index is 12.4. The van der Waals surface area contributed by atoms with Crippen LogP contribution in [0.2, 0.25) is 0 Å². The lowest BCUT2D eigenvalue weighted by Crippen LogP contribution is -2.51. The van der Waals surface area contributed by atoms with Crippen molar-refractivity contribution < 1.29 is 19.4 Å². The lowest BCUT2D eigenvalue weighted by Gasteiger charge is -2.41. The van der Waals surface area contributed by atoms with E-state index >= 15 is 0 Å². The number of carboxylic acid groups (broad SMARTS) is 1. The highest BCUT2D eigenvalue weighted by Gasteiger charge is 2.43. The van der Waals surface area contributed by atoms with Gasteiger partial charge in [0.2, 0.25) is 0 Å². The summed E-state index contributed by atoms with van der Waals surface area (Å²) in [7, 11) is 4.73. The minimum Gasteiger partial charge on any atom is -0.481 e. The number of carboxylic acids is 1. The molecule has 128 valence electrons. The van der Waals surface area contributed by atoms with Gasteiger partial charge in [0.15, 0.2) is 0 Å². The molecule has 1 amide bonds. The summed E-state index contributed by atoms with van der Waals surface area (Å²) in [5.41, 5.74) is -0.379. The van der Waals surface area contributed by atoms with Crippen molar-refractivity contribution >= 4 is 33.5 Å². The van der Waals surface area contributed by atoms with Crippen molar-refractivity contribution in [1.82, 2.24) is 5.32 Å². The Morgan fingerprint density at radius 2 is 1.73 bits per heavy atom. The highest BCUT2D eigenvalue weighted by Crippen LogP contribution is 2.41. The van der Waals surface area contributed by atoms with E-state index in [-0.39, 0.29) is 12.3 Å². The number of aliphatic carboxylic acids is 1. The lowest BCUT2D eigenvalue weighted by molar-refractivity contribution is -0.150. The van der Waals surface area contributed by atoms with Crippen LogP contribution in [0.4, 0.5) is 0 Å². The van der Waals surface area contributed by atoms with Crippen molar-refractivity contribution in [3.63, 3.8) is 0 Å². The fraction of sp³-hybridized carbons (Fsp3) is 0.867. The number of carbonyl (C=O) groups excluding carboxylic acids is 1. The molecule has 0 saturated heterocycles. The van der Waals surface area contributed by atoms with Gasteiger partial charge in [-0.3, -0.25) is 9.59 Å². The first kappa shape index (κ1) is 19.6. The summed E-state index contributed by atoms with van der Waals surface area (Å²) in [4.78, 5) is 22.8. The Morgan fingerprint density at radius 3 is 2.27 bits per heavy atom. The minimum absolute atomic E-state index is 0.0124. The number of methoxy groups -OCH3 is 1. The van der Waals surface area contributed by atoms with Gasteiger partial charge < -0.3 is 15.2 Å². The van der Waals surface area contributed by atoms with Crippen LogP contribution in [0.15, 0.2) is 0 Å². The first-order valence-corrected chi connectivity index (χ1v) is 10.1. The van der Waals surface area contributed by atoms with E-state index in [9.17, 15) is 9.59 Å². The van der Waals surface area contributed by atoms with E-state index in [1.54, 1.807) is 17.9 Å². The van der Waals surface area contributed by atoms with Gasteiger partial charge in [-0.25, -0.2) is 0 Å². The third kappa shape index (κ3) is 6.38. The van der Waals surface area contributed by atoms with Crippen LogP contribution in [0.3, 0.4) is 0 Å². The van der Waals surface area contributed by atoms with Crippen LogP contribution in [0.5, 0.6) is 0 Å². The zero-order chi connectivity index (χ0) is 16.6. The van der Waals surface area contributed by atoms with Crippen LogP contribution < -0.4 is 5.32 Å². The number of ether oxygens (including phenoxy) is 1. The van der Waals surface area contributed by atoms with Crippen molar-refractivity contribution in [2.24, 2.45) is 5.41 Å². The molecule has 1 saturated carbocycles. The Hall–Kier alpha value is -0.400. The van der Waals surface area contributed by atoms with Crippen molar-refractivity contribution in [2.75, 3.05) is 25.2 Å². The van der Waals surface area contributed by atoms with Gasteiger partial charge in [-0.1, -0.05) is 35.4 Å². The lowest BCUT2D eigenvalue weighted by atomic mass is 9.70. The predicted octanol–water partition coefficient (Wildman–Crippen LogP) is 2.94. The molecular weight excluding hydrogens is 322 g/mol. The number of rotatable bonds is 9. The van der Waals surface area contributed by atoms with Gasteiger partial charge in [-0.15, -0.1) is 0 Å². The molecule has 0 unspecified atom stereocenters. The number of nitrogens with one attached hydrogen (secondary N) is 1. The summed E-state index contributed by atoms with van der Waals surface area (Å²) >= 11 is 0. The van der Waals surface area contributed by atoms with Crippen LogP contribution in [-0.4, -0.2) is 47.7 Å². The van der Waals surface area contributed by atoms with Gasteiger partial charge in [-0.2, -0.15) is 0 Å². The molecule has 0 atom stereocenters. The van der Waals surface area contributed by atoms with Gasteiger partial charge in [0.05, 0.1) is 6.42 Å². The molecule has 1 rings (SSSR count). The summed E-state index contributed by atoms with van der Waals surface area (Å²) in [5, 5.41) is 11.5. The second kappa shape index (κ2) is 9.03. The average molecular weight is 350 g/mol. The summed E-state index contributed by atoms with van der Waals surface area (Å²) < 4.78 is 5.57. The van der Waals surface area contributed by atoms with Gasteiger partial charge in [0.25, 0.3) is 5.91 Å². The van der Waals surface area contributed by atoms with E-state index in [0.29, 0.717) is 17.7 Å². The van der Waals surface area contributed by atoms with Gasteiger partial charge in [0.1, 0.15) is 5.60 Å². The van der Waals surface area contributed by atoms with E-state index < -0.39 is 11.6 Å². The van der Waals surface area contributed by atoms with Crippen molar-refractivity contribution in [2.45, 2.75) is 51.6 Å². The molecule has 1 aliphatic rings. The first-order chi connectivity index (χ1) is 10.3. The monoisotopic (exact) mass is 349 g/mol. The largest absolute Gasteiger partial charge is 0.481 e. The fourth-order valence-corrected chi connectivity index (χ4v) is 4.35. The fourth-order valence-electron chi connectivity index (χ4n) is 2.47. The van der Waals surface area contributed by atoms with Crippen LogP contribution in [0.1, 0.15) is 46.0 Å². The average Bonchev–Trinajstić information content (AvgIpc) is 2.46. The zero-order valence-corrected chi connectivity index (χ0v) is 15.3. The summed E-state index contributed by atoms with van der Waals surface area (Å²) in [6.07, 6.45) is 3.69. The Labute approximate surface area is 140 Å². The van der Waals surface area contributed by atoms with Crippen LogP contribution in [0, 0.1) is 5.41 Å². The second-order valence-electron chi connectivity index (χ2n) is 6.41. The first-order valence-electron chi connectivity index (χ1n) is 7.61. The van der Waals surface area contributed by atoms with Gasteiger partial charge in [-0.05, 0) is 31.1 Å². The number of hydrogen-bond acceptors (Lipinski definition) is 5.